The second kappa shape index (κ2) is 9.30. The number of benzene rings is 2. The van der Waals surface area contributed by atoms with Gasteiger partial charge in [0.15, 0.2) is 5.78 Å². The van der Waals surface area contributed by atoms with E-state index in [0.717, 1.165) is 0 Å². The van der Waals surface area contributed by atoms with Crippen LogP contribution in [0.2, 0.25) is 4.34 Å². The SMILES string of the molecule is O=C(CCC(=O)c1ccc(Cl)s1)Oc1ccc(NC(=O)c2ccccc2)cc1. The smallest absolute Gasteiger partial charge is 0.311 e. The third-order valence-electron chi connectivity index (χ3n) is 3.78. The third kappa shape index (κ3) is 5.52. The molecule has 142 valence electrons. The predicted octanol–water partition coefficient (Wildman–Crippen LogP) is 5.22. The number of esters is 1. The van der Waals surface area contributed by atoms with Gasteiger partial charge >= 0.3 is 5.97 Å². The Morgan fingerprint density at radius 1 is 0.893 bits per heavy atom. The van der Waals surface area contributed by atoms with Crippen LogP contribution < -0.4 is 10.1 Å². The molecule has 0 bridgehead atoms. The Bertz CT molecular complexity index is 983. The summed E-state index contributed by atoms with van der Waals surface area (Å²) in [4.78, 5) is 36.6. The largest absolute Gasteiger partial charge is 0.427 e. The number of nitrogens with one attached hydrogen (secondary N) is 1. The number of Topliss-reactive ketones (excluding diaryl/α,β-unsaturated/α-hetero) is 1. The van der Waals surface area contributed by atoms with Crippen LogP contribution in [0.25, 0.3) is 0 Å². The summed E-state index contributed by atoms with van der Waals surface area (Å²) in [6.07, 6.45) is 0.0295. The van der Waals surface area contributed by atoms with E-state index in [1.807, 2.05) is 6.07 Å². The number of thiophene rings is 1. The van der Waals surface area contributed by atoms with Crippen LogP contribution in [0, 0.1) is 0 Å². The predicted molar refractivity (Wildman–Crippen MR) is 109 cm³/mol. The minimum Gasteiger partial charge on any atom is -0.427 e. The number of ether oxygens (including phenoxy) is 1. The van der Waals surface area contributed by atoms with Crippen molar-refractivity contribution in [3.05, 3.63) is 81.5 Å². The number of anilines is 1. The van der Waals surface area contributed by atoms with Crippen LogP contribution in [-0.4, -0.2) is 17.7 Å². The molecule has 0 aliphatic carbocycles. The molecule has 5 nitrogen and oxygen atoms in total. The zero-order valence-electron chi connectivity index (χ0n) is 14.7. The van der Waals surface area contributed by atoms with Gasteiger partial charge in [0.25, 0.3) is 5.91 Å². The fourth-order valence-electron chi connectivity index (χ4n) is 2.38. The lowest BCUT2D eigenvalue weighted by molar-refractivity contribution is -0.134. The molecule has 7 heteroatoms. The van der Waals surface area contributed by atoms with E-state index in [0.29, 0.717) is 26.2 Å². The normalized spacial score (nSPS) is 10.3. The van der Waals surface area contributed by atoms with Crippen LogP contribution in [-0.2, 0) is 4.79 Å². The van der Waals surface area contributed by atoms with E-state index in [-0.39, 0.29) is 24.5 Å². The first-order valence-electron chi connectivity index (χ1n) is 8.47. The zero-order chi connectivity index (χ0) is 19.9. The van der Waals surface area contributed by atoms with Gasteiger partial charge in [-0.25, -0.2) is 0 Å². The highest BCUT2D eigenvalue weighted by Gasteiger charge is 2.13. The number of carbonyl (C=O) groups excluding carboxylic acids is 3. The Kier molecular flexibility index (Phi) is 6.57. The van der Waals surface area contributed by atoms with Gasteiger partial charge in [-0.2, -0.15) is 0 Å². The number of amides is 1. The van der Waals surface area contributed by atoms with Gasteiger partial charge in [-0.1, -0.05) is 29.8 Å². The second-order valence-corrected chi connectivity index (χ2v) is 7.56. The molecule has 0 atom stereocenters. The highest BCUT2D eigenvalue weighted by molar-refractivity contribution is 7.18. The molecule has 0 aliphatic heterocycles. The lowest BCUT2D eigenvalue weighted by Gasteiger charge is -2.07. The topological polar surface area (TPSA) is 72.5 Å². The van der Waals surface area contributed by atoms with Gasteiger partial charge in [0, 0.05) is 17.7 Å². The highest BCUT2D eigenvalue weighted by Crippen LogP contribution is 2.23. The Balaban J connectivity index is 1.49. The summed E-state index contributed by atoms with van der Waals surface area (Å²) in [7, 11) is 0. The molecule has 28 heavy (non-hydrogen) atoms. The number of carbonyl (C=O) groups is 3. The maximum Gasteiger partial charge on any atom is 0.311 e. The van der Waals surface area contributed by atoms with E-state index in [4.69, 9.17) is 16.3 Å². The van der Waals surface area contributed by atoms with Crippen LogP contribution in [0.15, 0.2) is 66.7 Å². The summed E-state index contributed by atoms with van der Waals surface area (Å²) in [6, 6.07) is 18.6. The van der Waals surface area contributed by atoms with Gasteiger partial charge in [0.2, 0.25) is 0 Å². The Hall–Kier alpha value is -2.96. The Morgan fingerprint density at radius 3 is 2.25 bits per heavy atom. The summed E-state index contributed by atoms with van der Waals surface area (Å²) < 4.78 is 5.76. The average Bonchev–Trinajstić information content (AvgIpc) is 3.15. The fourth-order valence-corrected chi connectivity index (χ4v) is 3.40. The van der Waals surface area contributed by atoms with Crippen molar-refractivity contribution >= 4 is 46.3 Å². The third-order valence-corrected chi connectivity index (χ3v) is 5.06. The lowest BCUT2D eigenvalue weighted by atomic mass is 10.2. The van der Waals surface area contributed by atoms with Gasteiger partial charge < -0.3 is 10.1 Å². The summed E-state index contributed by atoms with van der Waals surface area (Å²) in [5, 5.41) is 2.77. The molecule has 1 heterocycles. The molecule has 0 unspecified atom stereocenters. The van der Waals surface area contributed by atoms with E-state index < -0.39 is 5.97 Å². The van der Waals surface area contributed by atoms with E-state index in [1.165, 1.54) is 11.3 Å². The van der Waals surface area contributed by atoms with Gasteiger partial charge in [0.05, 0.1) is 15.6 Å². The zero-order valence-corrected chi connectivity index (χ0v) is 16.3. The first kappa shape index (κ1) is 19.8. The van der Waals surface area contributed by atoms with Gasteiger partial charge in [-0.15, -0.1) is 11.3 Å². The molecule has 0 aliphatic rings. The monoisotopic (exact) mass is 413 g/mol. The molecule has 0 saturated carbocycles. The molecule has 0 spiro atoms. The molecule has 0 fully saturated rings. The summed E-state index contributed by atoms with van der Waals surface area (Å²) >= 11 is 6.99. The molecule has 1 aromatic heterocycles. The van der Waals surface area contributed by atoms with Gasteiger partial charge in [-0.05, 0) is 48.5 Å². The Morgan fingerprint density at radius 2 is 1.61 bits per heavy atom. The number of halogens is 1. The lowest BCUT2D eigenvalue weighted by Crippen LogP contribution is -2.12. The van der Waals surface area contributed by atoms with E-state index >= 15 is 0 Å². The van der Waals surface area contributed by atoms with E-state index in [9.17, 15) is 14.4 Å². The summed E-state index contributed by atoms with van der Waals surface area (Å²) in [6.45, 7) is 0. The number of ketones is 1. The molecule has 3 aromatic rings. The van der Waals surface area contributed by atoms with Crippen LogP contribution in [0.3, 0.4) is 0 Å². The first-order chi connectivity index (χ1) is 13.5. The average molecular weight is 414 g/mol. The maximum absolute atomic E-state index is 12.1. The van der Waals surface area contributed by atoms with E-state index in [1.54, 1.807) is 60.7 Å². The molecule has 2 aromatic carbocycles. The molecule has 3 rings (SSSR count). The number of hydrogen-bond acceptors (Lipinski definition) is 5. The van der Waals surface area contributed by atoms with Crippen molar-refractivity contribution in [1.29, 1.82) is 0 Å². The van der Waals surface area contributed by atoms with Crippen LogP contribution in [0.4, 0.5) is 5.69 Å². The van der Waals surface area contributed by atoms with Crippen LogP contribution in [0.5, 0.6) is 5.75 Å². The van der Waals surface area contributed by atoms with Crippen molar-refractivity contribution in [3.63, 3.8) is 0 Å². The Labute approximate surface area is 170 Å². The fraction of sp³-hybridized carbons (Fsp3) is 0.0952. The van der Waals surface area contributed by atoms with Crippen LogP contribution in [0.1, 0.15) is 32.9 Å². The number of rotatable bonds is 7. The first-order valence-corrected chi connectivity index (χ1v) is 9.66. The molecule has 0 saturated heterocycles. The highest BCUT2D eigenvalue weighted by atomic mass is 35.5. The molecule has 1 N–H and O–H groups in total. The molecular weight excluding hydrogens is 398 g/mol. The quantitative estimate of drug-likeness (QED) is 0.327. The van der Waals surface area contributed by atoms with Crippen molar-refractivity contribution in [2.75, 3.05) is 5.32 Å². The molecule has 0 radical (unpaired) electrons. The van der Waals surface area contributed by atoms with Crippen molar-refractivity contribution in [1.82, 2.24) is 0 Å². The van der Waals surface area contributed by atoms with Crippen molar-refractivity contribution in [3.8, 4) is 5.75 Å². The standard InChI is InChI=1S/C21H16ClNO4S/c22-19-12-11-18(28-19)17(24)10-13-20(25)27-16-8-6-15(7-9-16)23-21(26)14-4-2-1-3-5-14/h1-9,11-12H,10,13H2,(H,23,26). The minimum atomic E-state index is -0.503. The van der Waals surface area contributed by atoms with Gasteiger partial charge in [-0.3, -0.25) is 14.4 Å². The minimum absolute atomic E-state index is 0.0269. The summed E-state index contributed by atoms with van der Waals surface area (Å²) in [5.41, 5.74) is 1.13. The number of hydrogen-bond donors (Lipinski definition) is 1. The summed E-state index contributed by atoms with van der Waals surface area (Å²) in [5.74, 6) is -0.531. The van der Waals surface area contributed by atoms with Gasteiger partial charge in [0.1, 0.15) is 5.75 Å². The van der Waals surface area contributed by atoms with Crippen molar-refractivity contribution in [2.45, 2.75) is 12.8 Å². The second-order valence-electron chi connectivity index (χ2n) is 5.85. The maximum atomic E-state index is 12.1. The van der Waals surface area contributed by atoms with Crippen LogP contribution >= 0.6 is 22.9 Å². The van der Waals surface area contributed by atoms with E-state index in [2.05, 4.69) is 5.32 Å². The molecular formula is C21H16ClNO4S. The molecule has 1 amide bonds. The van der Waals surface area contributed by atoms with Crippen molar-refractivity contribution in [2.24, 2.45) is 0 Å². The van der Waals surface area contributed by atoms with Crippen molar-refractivity contribution < 1.29 is 19.1 Å².